The highest BCUT2D eigenvalue weighted by atomic mass is 16.5. The second kappa shape index (κ2) is 9.05. The lowest BCUT2D eigenvalue weighted by molar-refractivity contribution is -0.136. The number of hydrogen-bond donors (Lipinski definition) is 1. The van der Waals surface area contributed by atoms with E-state index in [1.807, 2.05) is 56.3 Å². The Hall–Kier alpha value is -2.92. The SMILES string of the molecule is CCc1ccc(NC2=C(c3ccc(C)c(C)c3)C(=O)N(CCCOC)C2=O)cc1. The van der Waals surface area contributed by atoms with Crippen molar-refractivity contribution in [2.24, 2.45) is 0 Å². The quantitative estimate of drug-likeness (QED) is 0.543. The van der Waals surface area contributed by atoms with Crippen LogP contribution in [0, 0.1) is 13.8 Å². The summed E-state index contributed by atoms with van der Waals surface area (Å²) in [4.78, 5) is 27.6. The van der Waals surface area contributed by atoms with Crippen molar-refractivity contribution in [2.45, 2.75) is 33.6 Å². The fourth-order valence-electron chi connectivity index (χ4n) is 3.39. The van der Waals surface area contributed by atoms with E-state index in [-0.39, 0.29) is 11.8 Å². The molecule has 2 aromatic rings. The minimum Gasteiger partial charge on any atom is -0.385 e. The highest BCUT2D eigenvalue weighted by Gasteiger charge is 2.38. The third kappa shape index (κ3) is 4.40. The van der Waals surface area contributed by atoms with Crippen LogP contribution >= 0.6 is 0 Å². The summed E-state index contributed by atoms with van der Waals surface area (Å²) in [6.45, 7) is 6.96. The first-order chi connectivity index (χ1) is 14.0. The molecule has 152 valence electrons. The number of ether oxygens (including phenoxy) is 1. The first kappa shape index (κ1) is 20.8. The van der Waals surface area contributed by atoms with Gasteiger partial charge in [0.1, 0.15) is 5.70 Å². The molecule has 29 heavy (non-hydrogen) atoms. The Labute approximate surface area is 172 Å². The van der Waals surface area contributed by atoms with Crippen molar-refractivity contribution in [3.8, 4) is 0 Å². The number of amides is 2. The molecule has 0 saturated heterocycles. The Balaban J connectivity index is 1.99. The van der Waals surface area contributed by atoms with Gasteiger partial charge in [0, 0.05) is 25.9 Å². The summed E-state index contributed by atoms with van der Waals surface area (Å²) in [5, 5.41) is 3.21. The number of aryl methyl sites for hydroxylation is 3. The van der Waals surface area contributed by atoms with Crippen LogP contribution in [0.4, 0.5) is 5.69 Å². The van der Waals surface area contributed by atoms with Crippen LogP contribution in [0.25, 0.3) is 5.57 Å². The summed E-state index contributed by atoms with van der Waals surface area (Å²) in [5.41, 5.74) is 5.75. The molecular weight excluding hydrogens is 364 g/mol. The highest BCUT2D eigenvalue weighted by molar-refractivity contribution is 6.36. The lowest BCUT2D eigenvalue weighted by Crippen LogP contribution is -2.33. The molecule has 5 heteroatoms. The van der Waals surface area contributed by atoms with Gasteiger partial charge in [-0.25, -0.2) is 0 Å². The number of carbonyl (C=O) groups excluding carboxylic acids is 2. The molecule has 2 aromatic carbocycles. The lowest BCUT2D eigenvalue weighted by Gasteiger charge is -2.15. The maximum absolute atomic E-state index is 13.2. The number of rotatable bonds is 8. The molecule has 3 rings (SSSR count). The van der Waals surface area contributed by atoms with Gasteiger partial charge in [-0.05, 0) is 61.1 Å². The summed E-state index contributed by atoms with van der Waals surface area (Å²) in [6.07, 6.45) is 1.55. The zero-order chi connectivity index (χ0) is 21.0. The molecule has 1 aliphatic heterocycles. The summed E-state index contributed by atoms with van der Waals surface area (Å²) in [5.74, 6) is -0.555. The van der Waals surface area contributed by atoms with Gasteiger partial charge in [-0.1, -0.05) is 37.3 Å². The Morgan fingerprint density at radius 3 is 2.31 bits per heavy atom. The average molecular weight is 392 g/mol. The predicted molar refractivity (Wildman–Crippen MR) is 115 cm³/mol. The van der Waals surface area contributed by atoms with Gasteiger partial charge in [-0.15, -0.1) is 0 Å². The predicted octanol–water partition coefficient (Wildman–Crippen LogP) is 4.09. The van der Waals surface area contributed by atoms with E-state index in [0.717, 1.165) is 28.8 Å². The number of hydrogen-bond acceptors (Lipinski definition) is 4. The summed E-state index contributed by atoms with van der Waals surface area (Å²) in [7, 11) is 1.61. The van der Waals surface area contributed by atoms with E-state index < -0.39 is 0 Å². The second-order valence-corrected chi connectivity index (χ2v) is 7.33. The Bertz CT molecular complexity index is 945. The van der Waals surface area contributed by atoms with Gasteiger partial charge < -0.3 is 10.1 Å². The van der Waals surface area contributed by atoms with Crippen molar-refractivity contribution in [1.82, 2.24) is 4.90 Å². The van der Waals surface area contributed by atoms with Crippen molar-refractivity contribution >= 4 is 23.1 Å². The van der Waals surface area contributed by atoms with E-state index in [9.17, 15) is 9.59 Å². The Kier molecular flexibility index (Phi) is 6.49. The first-order valence-electron chi connectivity index (χ1n) is 9.99. The fourth-order valence-corrected chi connectivity index (χ4v) is 3.39. The molecule has 1 aliphatic rings. The highest BCUT2D eigenvalue weighted by Crippen LogP contribution is 2.31. The van der Waals surface area contributed by atoms with E-state index in [0.29, 0.717) is 30.8 Å². The molecule has 1 N–H and O–H groups in total. The van der Waals surface area contributed by atoms with Gasteiger partial charge >= 0.3 is 0 Å². The van der Waals surface area contributed by atoms with Crippen molar-refractivity contribution in [2.75, 3.05) is 25.6 Å². The molecule has 2 amide bonds. The van der Waals surface area contributed by atoms with Crippen molar-refractivity contribution in [3.05, 3.63) is 70.4 Å². The van der Waals surface area contributed by atoms with Crippen LogP contribution in [0.15, 0.2) is 48.2 Å². The third-order valence-corrected chi connectivity index (χ3v) is 5.33. The molecule has 0 spiro atoms. The number of nitrogens with one attached hydrogen (secondary N) is 1. The molecule has 0 aliphatic carbocycles. The normalized spacial score (nSPS) is 14.1. The number of carbonyl (C=O) groups is 2. The number of nitrogens with zero attached hydrogens (tertiary/aromatic N) is 1. The van der Waals surface area contributed by atoms with Crippen LogP contribution in [0.3, 0.4) is 0 Å². The van der Waals surface area contributed by atoms with Crippen LogP contribution in [0.2, 0.25) is 0 Å². The fraction of sp³-hybridized carbons (Fsp3) is 0.333. The van der Waals surface area contributed by atoms with Crippen molar-refractivity contribution in [1.29, 1.82) is 0 Å². The van der Waals surface area contributed by atoms with Crippen molar-refractivity contribution in [3.63, 3.8) is 0 Å². The topological polar surface area (TPSA) is 58.6 Å². The summed E-state index contributed by atoms with van der Waals surface area (Å²) in [6, 6.07) is 13.8. The van der Waals surface area contributed by atoms with E-state index in [1.165, 1.54) is 10.5 Å². The Morgan fingerprint density at radius 2 is 1.69 bits per heavy atom. The standard InChI is InChI=1S/C24H28N2O3/c1-5-18-8-11-20(12-9-18)25-22-21(19-10-7-16(2)17(3)15-19)23(27)26(24(22)28)13-6-14-29-4/h7-12,15,25H,5-6,13-14H2,1-4H3. The summed E-state index contributed by atoms with van der Waals surface area (Å²) >= 11 is 0. The van der Waals surface area contributed by atoms with Crippen LogP contribution in [0.5, 0.6) is 0 Å². The van der Waals surface area contributed by atoms with Gasteiger partial charge in [0.15, 0.2) is 0 Å². The molecule has 0 fully saturated rings. The van der Waals surface area contributed by atoms with Gasteiger partial charge in [-0.2, -0.15) is 0 Å². The molecule has 0 aromatic heterocycles. The summed E-state index contributed by atoms with van der Waals surface area (Å²) < 4.78 is 5.08. The molecule has 0 unspecified atom stereocenters. The zero-order valence-corrected chi connectivity index (χ0v) is 17.5. The maximum Gasteiger partial charge on any atom is 0.278 e. The van der Waals surface area contributed by atoms with E-state index in [1.54, 1.807) is 7.11 Å². The van der Waals surface area contributed by atoms with Gasteiger partial charge in [0.2, 0.25) is 0 Å². The number of benzene rings is 2. The smallest absolute Gasteiger partial charge is 0.278 e. The number of methoxy groups -OCH3 is 1. The molecule has 0 bridgehead atoms. The first-order valence-corrected chi connectivity index (χ1v) is 9.99. The third-order valence-electron chi connectivity index (χ3n) is 5.33. The molecular formula is C24H28N2O3. The van der Waals surface area contributed by atoms with Crippen LogP contribution in [-0.2, 0) is 20.7 Å². The van der Waals surface area contributed by atoms with E-state index in [2.05, 4.69) is 12.2 Å². The maximum atomic E-state index is 13.2. The van der Waals surface area contributed by atoms with Crippen molar-refractivity contribution < 1.29 is 14.3 Å². The Morgan fingerprint density at radius 1 is 0.966 bits per heavy atom. The van der Waals surface area contributed by atoms with Crippen LogP contribution in [0.1, 0.15) is 35.6 Å². The molecule has 0 saturated carbocycles. The van der Waals surface area contributed by atoms with Crippen LogP contribution in [-0.4, -0.2) is 37.0 Å². The molecule has 0 atom stereocenters. The minimum absolute atomic E-state index is 0.262. The monoisotopic (exact) mass is 392 g/mol. The van der Waals surface area contributed by atoms with Gasteiger partial charge in [-0.3, -0.25) is 14.5 Å². The molecule has 1 heterocycles. The average Bonchev–Trinajstić information content (AvgIpc) is 2.95. The number of imide groups is 1. The van der Waals surface area contributed by atoms with Gasteiger partial charge in [0.25, 0.3) is 11.8 Å². The second-order valence-electron chi connectivity index (χ2n) is 7.33. The van der Waals surface area contributed by atoms with E-state index in [4.69, 9.17) is 4.74 Å². The molecule has 0 radical (unpaired) electrons. The minimum atomic E-state index is -0.293. The van der Waals surface area contributed by atoms with Gasteiger partial charge in [0.05, 0.1) is 5.57 Å². The number of anilines is 1. The molecule has 5 nitrogen and oxygen atoms in total. The zero-order valence-electron chi connectivity index (χ0n) is 17.5. The lowest BCUT2D eigenvalue weighted by atomic mass is 9.99. The van der Waals surface area contributed by atoms with E-state index >= 15 is 0 Å². The largest absolute Gasteiger partial charge is 0.385 e. The van der Waals surface area contributed by atoms with Crippen LogP contribution < -0.4 is 5.32 Å².